The SMILES string of the molecule is CCN(C)S(=O)(=O)c1ccc(C=O)s1. The molecule has 0 saturated carbocycles. The Kier molecular flexibility index (Phi) is 3.41. The Morgan fingerprint density at radius 3 is 2.57 bits per heavy atom. The summed E-state index contributed by atoms with van der Waals surface area (Å²) >= 11 is 0.986. The molecular formula is C8H11NO3S2. The van der Waals surface area contributed by atoms with Crippen molar-refractivity contribution in [3.05, 3.63) is 17.0 Å². The summed E-state index contributed by atoms with van der Waals surface area (Å²) in [6.07, 6.45) is 0.648. The van der Waals surface area contributed by atoms with E-state index in [0.29, 0.717) is 17.7 Å². The van der Waals surface area contributed by atoms with Crippen LogP contribution >= 0.6 is 11.3 Å². The van der Waals surface area contributed by atoms with Crippen LogP contribution in [0.5, 0.6) is 0 Å². The largest absolute Gasteiger partial charge is 0.297 e. The standard InChI is InChI=1S/C8H11NO3S2/c1-3-9(2)14(11,12)8-5-4-7(6-10)13-8/h4-6H,3H2,1-2H3. The lowest BCUT2D eigenvalue weighted by atomic mass is 10.5. The van der Waals surface area contributed by atoms with Crippen molar-refractivity contribution in [2.45, 2.75) is 11.1 Å². The maximum atomic E-state index is 11.7. The molecule has 6 heteroatoms. The number of nitrogens with zero attached hydrogens (tertiary/aromatic N) is 1. The van der Waals surface area contributed by atoms with Gasteiger partial charge < -0.3 is 0 Å². The number of rotatable bonds is 4. The fraction of sp³-hybridized carbons (Fsp3) is 0.375. The van der Waals surface area contributed by atoms with Gasteiger partial charge in [-0.15, -0.1) is 11.3 Å². The van der Waals surface area contributed by atoms with E-state index in [1.165, 1.54) is 23.5 Å². The van der Waals surface area contributed by atoms with Crippen molar-refractivity contribution in [3.8, 4) is 0 Å². The summed E-state index contributed by atoms with van der Waals surface area (Å²) < 4.78 is 24.9. The summed E-state index contributed by atoms with van der Waals surface area (Å²) in [6, 6.07) is 2.96. The fourth-order valence-corrected chi connectivity index (χ4v) is 3.39. The third kappa shape index (κ3) is 2.02. The molecule has 1 aromatic heterocycles. The van der Waals surface area contributed by atoms with Crippen molar-refractivity contribution in [1.29, 1.82) is 0 Å². The minimum absolute atomic E-state index is 0.212. The summed E-state index contributed by atoms with van der Waals surface area (Å²) in [5, 5.41) is 0. The Morgan fingerprint density at radius 2 is 2.14 bits per heavy atom. The summed E-state index contributed by atoms with van der Waals surface area (Å²) in [5.41, 5.74) is 0. The van der Waals surface area contributed by atoms with Crippen LogP contribution in [-0.2, 0) is 10.0 Å². The number of hydrogen-bond donors (Lipinski definition) is 0. The van der Waals surface area contributed by atoms with Crippen molar-refractivity contribution in [3.63, 3.8) is 0 Å². The molecule has 0 saturated heterocycles. The molecular weight excluding hydrogens is 222 g/mol. The van der Waals surface area contributed by atoms with Gasteiger partial charge in [-0.1, -0.05) is 6.92 Å². The van der Waals surface area contributed by atoms with E-state index in [1.54, 1.807) is 6.92 Å². The van der Waals surface area contributed by atoms with Gasteiger partial charge in [0.05, 0.1) is 4.88 Å². The van der Waals surface area contributed by atoms with Gasteiger partial charge in [0.25, 0.3) is 10.0 Å². The molecule has 1 rings (SSSR count). The van der Waals surface area contributed by atoms with Gasteiger partial charge in [-0.05, 0) is 12.1 Å². The number of hydrogen-bond acceptors (Lipinski definition) is 4. The Morgan fingerprint density at radius 1 is 1.50 bits per heavy atom. The molecule has 0 radical (unpaired) electrons. The Balaban J connectivity index is 3.10. The lowest BCUT2D eigenvalue weighted by molar-refractivity contribution is 0.112. The van der Waals surface area contributed by atoms with E-state index < -0.39 is 10.0 Å². The fourth-order valence-electron chi connectivity index (χ4n) is 0.860. The van der Waals surface area contributed by atoms with E-state index in [0.717, 1.165) is 11.3 Å². The molecule has 4 nitrogen and oxygen atoms in total. The van der Waals surface area contributed by atoms with E-state index >= 15 is 0 Å². The number of carbonyl (C=O) groups is 1. The molecule has 0 N–H and O–H groups in total. The van der Waals surface area contributed by atoms with Gasteiger partial charge in [0.2, 0.25) is 0 Å². The highest BCUT2D eigenvalue weighted by molar-refractivity contribution is 7.91. The lowest BCUT2D eigenvalue weighted by Gasteiger charge is -2.12. The van der Waals surface area contributed by atoms with Crippen molar-refractivity contribution in [2.75, 3.05) is 13.6 Å². The Bertz CT molecular complexity index is 422. The molecule has 0 fully saturated rings. The van der Waals surface area contributed by atoms with E-state index in [9.17, 15) is 13.2 Å². The number of carbonyl (C=O) groups excluding carboxylic acids is 1. The second-order valence-corrected chi connectivity index (χ2v) is 6.08. The van der Waals surface area contributed by atoms with Crippen LogP contribution < -0.4 is 0 Å². The molecule has 0 aliphatic carbocycles. The molecule has 0 aliphatic heterocycles. The van der Waals surface area contributed by atoms with Crippen LogP contribution in [-0.4, -0.2) is 32.6 Å². The minimum atomic E-state index is -3.39. The van der Waals surface area contributed by atoms with Crippen molar-refractivity contribution in [1.82, 2.24) is 4.31 Å². The van der Waals surface area contributed by atoms with Crippen LogP contribution in [0.4, 0.5) is 0 Å². The first-order valence-corrected chi connectivity index (χ1v) is 6.29. The molecule has 0 aromatic carbocycles. The highest BCUT2D eigenvalue weighted by atomic mass is 32.2. The van der Waals surface area contributed by atoms with Gasteiger partial charge >= 0.3 is 0 Å². The summed E-state index contributed by atoms with van der Waals surface area (Å²) in [5.74, 6) is 0. The second-order valence-electron chi connectivity index (χ2n) is 2.69. The summed E-state index contributed by atoms with van der Waals surface area (Å²) in [7, 11) is -1.88. The van der Waals surface area contributed by atoms with Crippen LogP contribution in [0.2, 0.25) is 0 Å². The van der Waals surface area contributed by atoms with Gasteiger partial charge in [0.1, 0.15) is 4.21 Å². The first-order valence-electron chi connectivity index (χ1n) is 4.03. The monoisotopic (exact) mass is 233 g/mol. The van der Waals surface area contributed by atoms with Crippen molar-refractivity contribution >= 4 is 27.6 Å². The molecule has 0 bridgehead atoms. The number of thiophene rings is 1. The number of sulfonamides is 1. The second kappa shape index (κ2) is 4.20. The molecule has 1 aromatic rings. The zero-order valence-electron chi connectivity index (χ0n) is 7.93. The summed E-state index contributed by atoms with van der Waals surface area (Å²) in [6.45, 7) is 2.17. The zero-order chi connectivity index (χ0) is 10.8. The first-order chi connectivity index (χ1) is 6.52. The van der Waals surface area contributed by atoms with E-state index in [2.05, 4.69) is 0 Å². The predicted molar refractivity (Wildman–Crippen MR) is 55.2 cm³/mol. The predicted octanol–water partition coefficient (Wildman–Crippen LogP) is 1.20. The molecule has 0 aliphatic rings. The molecule has 14 heavy (non-hydrogen) atoms. The molecule has 78 valence electrons. The third-order valence-electron chi connectivity index (χ3n) is 1.83. The van der Waals surface area contributed by atoms with Crippen LogP contribution in [0.1, 0.15) is 16.6 Å². The van der Waals surface area contributed by atoms with Crippen LogP contribution in [0.25, 0.3) is 0 Å². The topological polar surface area (TPSA) is 54.5 Å². The first kappa shape index (κ1) is 11.4. The lowest BCUT2D eigenvalue weighted by Crippen LogP contribution is -2.25. The van der Waals surface area contributed by atoms with Crippen LogP contribution in [0, 0.1) is 0 Å². The highest BCUT2D eigenvalue weighted by Gasteiger charge is 2.20. The van der Waals surface area contributed by atoms with Crippen LogP contribution in [0.15, 0.2) is 16.3 Å². The van der Waals surface area contributed by atoms with E-state index in [-0.39, 0.29) is 4.21 Å². The molecule has 0 amide bonds. The van der Waals surface area contributed by atoms with Crippen molar-refractivity contribution < 1.29 is 13.2 Å². The van der Waals surface area contributed by atoms with Gasteiger partial charge in [-0.3, -0.25) is 4.79 Å². The summed E-state index contributed by atoms with van der Waals surface area (Å²) in [4.78, 5) is 10.8. The van der Waals surface area contributed by atoms with Gasteiger partial charge in [-0.2, -0.15) is 0 Å². The number of aldehydes is 1. The maximum absolute atomic E-state index is 11.7. The van der Waals surface area contributed by atoms with Crippen LogP contribution in [0.3, 0.4) is 0 Å². The zero-order valence-corrected chi connectivity index (χ0v) is 9.56. The molecule has 0 atom stereocenters. The Hall–Kier alpha value is -0.720. The maximum Gasteiger partial charge on any atom is 0.252 e. The quantitative estimate of drug-likeness (QED) is 0.734. The van der Waals surface area contributed by atoms with Gasteiger partial charge in [0.15, 0.2) is 6.29 Å². The van der Waals surface area contributed by atoms with Gasteiger partial charge in [0, 0.05) is 13.6 Å². The highest BCUT2D eigenvalue weighted by Crippen LogP contribution is 2.22. The average molecular weight is 233 g/mol. The normalized spacial score (nSPS) is 11.9. The van der Waals surface area contributed by atoms with Gasteiger partial charge in [-0.25, -0.2) is 12.7 Å². The molecule has 0 spiro atoms. The third-order valence-corrected chi connectivity index (χ3v) is 5.24. The minimum Gasteiger partial charge on any atom is -0.297 e. The van der Waals surface area contributed by atoms with E-state index in [1.807, 2.05) is 0 Å². The van der Waals surface area contributed by atoms with Crippen molar-refractivity contribution in [2.24, 2.45) is 0 Å². The molecule has 0 unspecified atom stereocenters. The average Bonchev–Trinajstić information content (AvgIpc) is 2.65. The Labute approximate surface area is 87.2 Å². The molecule has 1 heterocycles. The smallest absolute Gasteiger partial charge is 0.252 e. The van der Waals surface area contributed by atoms with E-state index in [4.69, 9.17) is 0 Å².